The van der Waals surface area contributed by atoms with Gasteiger partial charge in [-0.25, -0.2) is 9.59 Å². The number of methoxy groups -OCH3 is 1. The van der Waals surface area contributed by atoms with Crippen LogP contribution in [0.25, 0.3) is 0 Å². The number of aromatic carboxylic acids is 1. The molecule has 132 valence electrons. The number of ether oxygens (including phenoxy) is 1. The first-order chi connectivity index (χ1) is 12.1. The zero-order chi connectivity index (χ0) is 17.8. The van der Waals surface area contributed by atoms with Crippen molar-refractivity contribution >= 4 is 28.3 Å². The highest BCUT2D eigenvalue weighted by molar-refractivity contribution is 7.17. The predicted octanol–water partition coefficient (Wildman–Crippen LogP) is 2.56. The van der Waals surface area contributed by atoms with Gasteiger partial charge in [0, 0.05) is 32.7 Å². The average Bonchev–Trinajstić information content (AvgIpc) is 3.12. The zero-order valence-corrected chi connectivity index (χ0v) is 14.8. The number of carboxylic acid groups (broad SMARTS) is 1. The molecule has 25 heavy (non-hydrogen) atoms. The van der Waals surface area contributed by atoms with E-state index in [1.807, 2.05) is 24.3 Å². The number of carboxylic acids is 1. The fourth-order valence-electron chi connectivity index (χ4n) is 2.85. The number of esters is 1. The first-order valence-electron chi connectivity index (χ1n) is 8.04. The first-order valence-corrected chi connectivity index (χ1v) is 8.86. The maximum atomic E-state index is 11.6. The van der Waals surface area contributed by atoms with E-state index in [0.29, 0.717) is 10.4 Å². The largest absolute Gasteiger partial charge is 0.478 e. The summed E-state index contributed by atoms with van der Waals surface area (Å²) in [5, 5.41) is 10.0. The Bertz CT molecular complexity index is 749. The molecule has 2 heterocycles. The van der Waals surface area contributed by atoms with Crippen LogP contribution in [0.4, 0.5) is 5.00 Å². The Morgan fingerprint density at radius 1 is 1.08 bits per heavy atom. The van der Waals surface area contributed by atoms with Crippen molar-refractivity contribution < 1.29 is 19.4 Å². The van der Waals surface area contributed by atoms with Gasteiger partial charge in [0.15, 0.2) is 0 Å². The van der Waals surface area contributed by atoms with Gasteiger partial charge < -0.3 is 14.7 Å². The van der Waals surface area contributed by atoms with E-state index < -0.39 is 5.97 Å². The monoisotopic (exact) mass is 360 g/mol. The van der Waals surface area contributed by atoms with E-state index in [1.54, 1.807) is 12.1 Å². The lowest BCUT2D eigenvalue weighted by Gasteiger charge is -2.35. The van der Waals surface area contributed by atoms with Gasteiger partial charge in [-0.15, -0.1) is 11.3 Å². The fraction of sp³-hybridized carbons (Fsp3) is 0.333. The van der Waals surface area contributed by atoms with Crippen molar-refractivity contribution in [3.8, 4) is 0 Å². The van der Waals surface area contributed by atoms with Gasteiger partial charge in [-0.3, -0.25) is 4.90 Å². The molecule has 1 aromatic heterocycles. The molecule has 2 aromatic rings. The first kappa shape index (κ1) is 17.4. The Kier molecular flexibility index (Phi) is 5.35. The van der Waals surface area contributed by atoms with Gasteiger partial charge in [-0.2, -0.15) is 0 Å². The standard InChI is InChI=1S/C18H20N2O4S/c1-24-18(23)15-6-7-16(25-15)20-10-8-19(9-11-20)12-13-2-4-14(5-3-13)17(21)22/h2-7H,8-12H2,1H3,(H,21,22). The zero-order valence-electron chi connectivity index (χ0n) is 14.0. The second-order valence-corrected chi connectivity index (χ2v) is 6.96. The van der Waals surface area contributed by atoms with Crippen molar-refractivity contribution in [2.24, 2.45) is 0 Å². The highest BCUT2D eigenvalue weighted by atomic mass is 32.1. The number of piperazine rings is 1. The molecule has 1 N–H and O–H groups in total. The van der Waals surface area contributed by atoms with Gasteiger partial charge in [0.2, 0.25) is 0 Å². The second-order valence-electron chi connectivity index (χ2n) is 5.89. The summed E-state index contributed by atoms with van der Waals surface area (Å²) in [6.45, 7) is 4.45. The predicted molar refractivity (Wildman–Crippen MR) is 96.5 cm³/mol. The van der Waals surface area contributed by atoms with Crippen LogP contribution in [-0.4, -0.2) is 55.2 Å². The highest BCUT2D eigenvalue weighted by Crippen LogP contribution is 2.27. The summed E-state index contributed by atoms with van der Waals surface area (Å²) in [6, 6.07) is 10.8. The average molecular weight is 360 g/mol. The third-order valence-corrected chi connectivity index (χ3v) is 5.40. The van der Waals surface area contributed by atoms with E-state index in [1.165, 1.54) is 18.4 Å². The van der Waals surface area contributed by atoms with Gasteiger partial charge >= 0.3 is 11.9 Å². The van der Waals surface area contributed by atoms with Crippen LogP contribution in [0.1, 0.15) is 25.6 Å². The topological polar surface area (TPSA) is 70.1 Å². The quantitative estimate of drug-likeness (QED) is 0.827. The summed E-state index contributed by atoms with van der Waals surface area (Å²) in [7, 11) is 1.39. The van der Waals surface area contributed by atoms with Crippen LogP contribution in [0, 0.1) is 0 Å². The van der Waals surface area contributed by atoms with E-state index >= 15 is 0 Å². The van der Waals surface area contributed by atoms with Gasteiger partial charge in [0.05, 0.1) is 17.7 Å². The minimum Gasteiger partial charge on any atom is -0.478 e. The fourth-order valence-corrected chi connectivity index (χ4v) is 3.82. The van der Waals surface area contributed by atoms with Crippen molar-refractivity contribution in [1.82, 2.24) is 4.90 Å². The molecule has 0 unspecified atom stereocenters. The second kappa shape index (κ2) is 7.67. The molecule has 0 spiro atoms. The molecule has 1 aromatic carbocycles. The van der Waals surface area contributed by atoms with Crippen molar-refractivity contribution in [3.05, 3.63) is 52.4 Å². The third kappa shape index (κ3) is 4.18. The number of benzene rings is 1. The van der Waals surface area contributed by atoms with E-state index in [-0.39, 0.29) is 5.97 Å². The smallest absolute Gasteiger partial charge is 0.348 e. The summed E-state index contributed by atoms with van der Waals surface area (Å²) >= 11 is 1.46. The number of thiophene rings is 1. The number of anilines is 1. The maximum Gasteiger partial charge on any atom is 0.348 e. The summed E-state index contributed by atoms with van der Waals surface area (Å²) in [4.78, 5) is 27.7. The number of carbonyl (C=O) groups is 2. The molecule has 0 amide bonds. The van der Waals surface area contributed by atoms with Gasteiger partial charge in [-0.1, -0.05) is 12.1 Å². The van der Waals surface area contributed by atoms with Crippen LogP contribution in [0.5, 0.6) is 0 Å². The Hall–Kier alpha value is -2.38. The van der Waals surface area contributed by atoms with Crippen LogP contribution >= 0.6 is 11.3 Å². The van der Waals surface area contributed by atoms with Crippen LogP contribution in [0.2, 0.25) is 0 Å². The van der Waals surface area contributed by atoms with Crippen LogP contribution in [0.3, 0.4) is 0 Å². The molecule has 1 aliphatic heterocycles. The number of hydrogen-bond acceptors (Lipinski definition) is 6. The lowest BCUT2D eigenvalue weighted by atomic mass is 10.1. The van der Waals surface area contributed by atoms with Crippen molar-refractivity contribution in [1.29, 1.82) is 0 Å². The number of nitrogens with zero attached hydrogens (tertiary/aromatic N) is 2. The van der Waals surface area contributed by atoms with Crippen LogP contribution in [0.15, 0.2) is 36.4 Å². The minimum absolute atomic E-state index is 0.292. The number of carbonyl (C=O) groups excluding carboxylic acids is 1. The lowest BCUT2D eigenvalue weighted by molar-refractivity contribution is 0.0605. The van der Waals surface area contributed by atoms with Gasteiger partial charge in [0.25, 0.3) is 0 Å². The summed E-state index contributed by atoms with van der Waals surface area (Å²) < 4.78 is 4.75. The molecule has 0 bridgehead atoms. The van der Waals surface area contributed by atoms with Crippen molar-refractivity contribution in [2.45, 2.75) is 6.54 Å². The van der Waals surface area contributed by atoms with Crippen molar-refractivity contribution in [3.63, 3.8) is 0 Å². The van der Waals surface area contributed by atoms with Crippen LogP contribution in [-0.2, 0) is 11.3 Å². The molecule has 0 radical (unpaired) electrons. The van der Waals surface area contributed by atoms with Crippen molar-refractivity contribution in [2.75, 3.05) is 38.2 Å². The summed E-state index contributed by atoms with van der Waals surface area (Å²) in [5.74, 6) is -1.19. The normalized spacial score (nSPS) is 15.2. The molecule has 7 heteroatoms. The third-order valence-electron chi connectivity index (χ3n) is 4.27. The highest BCUT2D eigenvalue weighted by Gasteiger charge is 2.20. The minimum atomic E-state index is -0.901. The van der Waals surface area contributed by atoms with E-state index in [4.69, 9.17) is 9.84 Å². The molecule has 1 saturated heterocycles. The van der Waals surface area contributed by atoms with E-state index in [0.717, 1.165) is 43.3 Å². The Labute approximate surface area is 150 Å². The maximum absolute atomic E-state index is 11.6. The molecular formula is C18H20N2O4S. The Balaban J connectivity index is 1.54. The SMILES string of the molecule is COC(=O)c1ccc(N2CCN(Cc3ccc(C(=O)O)cc3)CC2)s1. The molecule has 0 aliphatic carbocycles. The van der Waals surface area contributed by atoms with E-state index in [2.05, 4.69) is 9.80 Å². The molecule has 6 nitrogen and oxygen atoms in total. The summed E-state index contributed by atoms with van der Waals surface area (Å²) in [5.41, 5.74) is 1.43. The lowest BCUT2D eigenvalue weighted by Crippen LogP contribution is -2.45. The Morgan fingerprint density at radius 3 is 2.36 bits per heavy atom. The number of hydrogen-bond donors (Lipinski definition) is 1. The Morgan fingerprint density at radius 2 is 1.76 bits per heavy atom. The van der Waals surface area contributed by atoms with Gasteiger partial charge in [-0.05, 0) is 29.8 Å². The van der Waals surface area contributed by atoms with Gasteiger partial charge in [0.1, 0.15) is 4.88 Å². The molecule has 3 rings (SSSR count). The molecular weight excluding hydrogens is 340 g/mol. The number of rotatable bonds is 5. The molecule has 1 aliphatic rings. The summed E-state index contributed by atoms with van der Waals surface area (Å²) in [6.07, 6.45) is 0. The molecule has 1 fully saturated rings. The molecule has 0 atom stereocenters. The van der Waals surface area contributed by atoms with Crippen LogP contribution < -0.4 is 4.90 Å². The molecule has 0 saturated carbocycles. The van der Waals surface area contributed by atoms with E-state index in [9.17, 15) is 9.59 Å².